The van der Waals surface area contributed by atoms with Crippen LogP contribution in [0.2, 0.25) is 0 Å². The Morgan fingerprint density at radius 2 is 2.19 bits per heavy atom. The first-order valence-corrected chi connectivity index (χ1v) is 6.29. The lowest BCUT2D eigenvalue weighted by molar-refractivity contribution is 0.101. The van der Waals surface area contributed by atoms with Gasteiger partial charge in [-0.2, -0.15) is 0 Å². The van der Waals surface area contributed by atoms with E-state index in [1.54, 1.807) is 17.5 Å². The van der Waals surface area contributed by atoms with Crippen LogP contribution in [0.4, 0.5) is 0 Å². The van der Waals surface area contributed by atoms with Gasteiger partial charge in [0.15, 0.2) is 11.6 Å². The number of hydrogen-bond donors (Lipinski definition) is 0. The first-order chi connectivity index (χ1) is 7.58. The summed E-state index contributed by atoms with van der Waals surface area (Å²) in [5.74, 6) is 0.662. The molecule has 0 aliphatic carbocycles. The molecule has 2 aromatic heterocycles. The number of nitrogens with zero attached hydrogens (tertiary/aromatic N) is 2. The summed E-state index contributed by atoms with van der Waals surface area (Å²) in [6.45, 7) is 3.34. The van der Waals surface area contributed by atoms with Gasteiger partial charge in [-0.25, -0.2) is 9.97 Å². The maximum Gasteiger partial charge on any atom is 0.169 e. The second-order valence-electron chi connectivity index (χ2n) is 3.35. The van der Waals surface area contributed by atoms with Crippen molar-refractivity contribution in [3.05, 3.63) is 33.4 Å². The molecule has 0 bridgehead atoms. The molecular formula is C11H9BrN2OS. The smallest absolute Gasteiger partial charge is 0.169 e. The summed E-state index contributed by atoms with van der Waals surface area (Å²) < 4.78 is 1.04. The van der Waals surface area contributed by atoms with Gasteiger partial charge in [-0.3, -0.25) is 4.79 Å². The van der Waals surface area contributed by atoms with Crippen molar-refractivity contribution in [3.63, 3.8) is 0 Å². The fourth-order valence-electron chi connectivity index (χ4n) is 1.37. The Morgan fingerprint density at radius 1 is 1.44 bits per heavy atom. The molecule has 0 aliphatic rings. The molecule has 0 amide bonds. The zero-order valence-corrected chi connectivity index (χ0v) is 11.2. The van der Waals surface area contributed by atoms with Crippen molar-refractivity contribution in [3.8, 4) is 10.7 Å². The van der Waals surface area contributed by atoms with E-state index in [1.807, 2.05) is 19.1 Å². The van der Waals surface area contributed by atoms with Crippen molar-refractivity contribution < 1.29 is 4.79 Å². The van der Waals surface area contributed by atoms with Crippen molar-refractivity contribution in [2.75, 3.05) is 0 Å². The molecule has 0 aromatic carbocycles. The average Bonchev–Trinajstić information content (AvgIpc) is 2.64. The maximum absolute atomic E-state index is 11.2. The molecule has 82 valence electrons. The monoisotopic (exact) mass is 296 g/mol. The molecule has 0 aliphatic heterocycles. The van der Waals surface area contributed by atoms with Crippen LogP contribution in [0.25, 0.3) is 10.7 Å². The molecule has 3 nitrogen and oxygen atoms in total. The van der Waals surface area contributed by atoms with Gasteiger partial charge in [-0.1, -0.05) is 0 Å². The van der Waals surface area contributed by atoms with E-state index < -0.39 is 0 Å². The number of aromatic nitrogens is 2. The van der Waals surface area contributed by atoms with Gasteiger partial charge in [0.25, 0.3) is 0 Å². The highest BCUT2D eigenvalue weighted by Gasteiger charge is 2.09. The number of thiophene rings is 1. The summed E-state index contributed by atoms with van der Waals surface area (Å²) in [5.41, 5.74) is 1.31. The number of ketones is 1. The fraction of sp³-hybridized carbons (Fsp3) is 0.182. The van der Waals surface area contributed by atoms with Crippen LogP contribution in [0, 0.1) is 6.92 Å². The molecule has 5 heteroatoms. The van der Waals surface area contributed by atoms with Gasteiger partial charge in [0.05, 0.1) is 19.9 Å². The summed E-state index contributed by atoms with van der Waals surface area (Å²) in [7, 11) is 0. The number of rotatable bonds is 2. The molecule has 0 saturated carbocycles. The van der Waals surface area contributed by atoms with Crippen LogP contribution >= 0.6 is 27.3 Å². The highest BCUT2D eigenvalue weighted by molar-refractivity contribution is 9.11. The van der Waals surface area contributed by atoms with E-state index >= 15 is 0 Å². The molecule has 16 heavy (non-hydrogen) atoms. The molecule has 0 unspecified atom stereocenters. The molecule has 2 heterocycles. The standard InChI is InChI=1S/C11H9BrN2OS/c1-6-8(7(2)15)5-13-11(14-6)9-3-4-10(12)16-9/h3-5H,1-2H3. The van der Waals surface area contributed by atoms with Gasteiger partial charge >= 0.3 is 0 Å². The molecule has 2 aromatic rings. The van der Waals surface area contributed by atoms with Gasteiger partial charge in [-0.15, -0.1) is 11.3 Å². The van der Waals surface area contributed by atoms with Crippen molar-refractivity contribution in [1.29, 1.82) is 0 Å². The Kier molecular flexibility index (Phi) is 3.16. The maximum atomic E-state index is 11.2. The van der Waals surface area contributed by atoms with Crippen molar-refractivity contribution in [2.45, 2.75) is 13.8 Å². The normalized spacial score (nSPS) is 10.4. The fourth-order valence-corrected chi connectivity index (χ4v) is 2.69. The summed E-state index contributed by atoms with van der Waals surface area (Å²) in [4.78, 5) is 20.8. The Labute approximate surface area is 106 Å². The topological polar surface area (TPSA) is 42.9 Å². The number of halogens is 1. The highest BCUT2D eigenvalue weighted by Crippen LogP contribution is 2.29. The highest BCUT2D eigenvalue weighted by atomic mass is 79.9. The van der Waals surface area contributed by atoms with Crippen LogP contribution in [0.3, 0.4) is 0 Å². The summed E-state index contributed by atoms with van der Waals surface area (Å²) in [6.07, 6.45) is 1.59. The second-order valence-corrected chi connectivity index (χ2v) is 5.82. The van der Waals surface area contributed by atoms with Crippen LogP contribution in [0.1, 0.15) is 23.0 Å². The van der Waals surface area contributed by atoms with Crippen LogP contribution < -0.4 is 0 Å². The first-order valence-electron chi connectivity index (χ1n) is 4.68. The van der Waals surface area contributed by atoms with Gasteiger partial charge < -0.3 is 0 Å². The van der Waals surface area contributed by atoms with Crippen LogP contribution in [-0.4, -0.2) is 15.8 Å². The van der Waals surface area contributed by atoms with Gasteiger partial charge in [0.2, 0.25) is 0 Å². The molecule has 0 N–H and O–H groups in total. The van der Waals surface area contributed by atoms with Crippen LogP contribution in [0.5, 0.6) is 0 Å². The molecule has 0 radical (unpaired) electrons. The third-order valence-corrected chi connectivity index (χ3v) is 3.77. The molecule has 2 rings (SSSR count). The summed E-state index contributed by atoms with van der Waals surface area (Å²) >= 11 is 4.97. The minimum atomic E-state index is -0.00332. The minimum absolute atomic E-state index is 0.00332. The number of aryl methyl sites for hydroxylation is 1. The predicted octanol–water partition coefficient (Wildman–Crippen LogP) is 3.48. The first kappa shape index (κ1) is 11.4. The average molecular weight is 297 g/mol. The lowest BCUT2D eigenvalue weighted by Gasteiger charge is -2.02. The van der Waals surface area contributed by atoms with E-state index in [1.165, 1.54) is 6.92 Å². The lowest BCUT2D eigenvalue weighted by atomic mass is 10.2. The Bertz CT molecular complexity index is 551. The minimum Gasteiger partial charge on any atom is -0.294 e. The Balaban J connectivity index is 2.45. The SMILES string of the molecule is CC(=O)c1cnc(-c2ccc(Br)s2)nc1C. The second kappa shape index (κ2) is 4.43. The molecule has 0 saturated heterocycles. The zero-order chi connectivity index (χ0) is 11.7. The number of carbonyl (C=O) groups is 1. The molecule has 0 fully saturated rings. The lowest BCUT2D eigenvalue weighted by Crippen LogP contribution is -2.01. The summed E-state index contributed by atoms with van der Waals surface area (Å²) in [5, 5.41) is 0. The van der Waals surface area contributed by atoms with E-state index in [0.717, 1.165) is 14.4 Å². The van der Waals surface area contributed by atoms with Crippen LogP contribution in [-0.2, 0) is 0 Å². The predicted molar refractivity (Wildman–Crippen MR) is 67.8 cm³/mol. The quantitative estimate of drug-likeness (QED) is 0.797. The number of carbonyl (C=O) groups excluding carboxylic acids is 1. The third-order valence-electron chi connectivity index (χ3n) is 2.15. The van der Waals surface area contributed by atoms with Gasteiger partial charge in [0, 0.05) is 6.20 Å². The third kappa shape index (κ3) is 2.20. The van der Waals surface area contributed by atoms with Crippen LogP contribution in [0.15, 0.2) is 22.1 Å². The molecule has 0 spiro atoms. The van der Waals surface area contributed by atoms with Crippen molar-refractivity contribution in [2.24, 2.45) is 0 Å². The van der Waals surface area contributed by atoms with E-state index in [4.69, 9.17) is 0 Å². The van der Waals surface area contributed by atoms with E-state index in [9.17, 15) is 4.79 Å². The Morgan fingerprint density at radius 3 is 2.69 bits per heavy atom. The summed E-state index contributed by atoms with van der Waals surface area (Å²) in [6, 6.07) is 3.91. The largest absolute Gasteiger partial charge is 0.294 e. The Hall–Kier alpha value is -1.07. The molecule has 0 atom stereocenters. The molecular weight excluding hydrogens is 288 g/mol. The van der Waals surface area contributed by atoms with Crippen molar-refractivity contribution in [1.82, 2.24) is 9.97 Å². The number of Topliss-reactive ketones (excluding diaryl/α,β-unsaturated/α-hetero) is 1. The van der Waals surface area contributed by atoms with Gasteiger partial charge in [0.1, 0.15) is 0 Å². The van der Waals surface area contributed by atoms with E-state index in [-0.39, 0.29) is 5.78 Å². The van der Waals surface area contributed by atoms with E-state index in [0.29, 0.717) is 11.4 Å². The van der Waals surface area contributed by atoms with Gasteiger partial charge in [-0.05, 0) is 41.9 Å². The van der Waals surface area contributed by atoms with Crippen molar-refractivity contribution >= 4 is 33.0 Å². The van der Waals surface area contributed by atoms with E-state index in [2.05, 4.69) is 25.9 Å². The zero-order valence-electron chi connectivity index (χ0n) is 8.82. The number of hydrogen-bond acceptors (Lipinski definition) is 4.